The van der Waals surface area contributed by atoms with Gasteiger partial charge in [0.1, 0.15) is 0 Å². The monoisotopic (exact) mass is 241 g/mol. The Morgan fingerprint density at radius 3 is 2.83 bits per heavy atom. The molecule has 3 nitrogen and oxygen atoms in total. The molecule has 92 valence electrons. The molecule has 0 spiro atoms. The van der Waals surface area contributed by atoms with Gasteiger partial charge in [0.25, 0.3) is 5.91 Å². The van der Waals surface area contributed by atoms with Crippen molar-refractivity contribution in [3.8, 4) is 0 Å². The van der Waals surface area contributed by atoms with E-state index in [0.717, 1.165) is 5.56 Å². The number of fused-ring (bicyclic) bond motifs is 1. The summed E-state index contributed by atoms with van der Waals surface area (Å²) in [5, 5.41) is 0. The molecule has 0 bridgehead atoms. The van der Waals surface area contributed by atoms with Gasteiger partial charge in [-0.15, -0.1) is 0 Å². The standard InChI is InChI=1S/C15H15NO2/c1-3-11-9-15(2)16(14(11)17)13(10-18-15)12-7-5-4-6-8-12/h3-9,13H,1,10H2,2H3/t13-,15-/m1/s1. The van der Waals surface area contributed by atoms with Crippen molar-refractivity contribution >= 4 is 5.91 Å². The van der Waals surface area contributed by atoms with E-state index in [4.69, 9.17) is 4.74 Å². The third-order valence-corrected chi connectivity index (χ3v) is 3.62. The van der Waals surface area contributed by atoms with Crippen molar-refractivity contribution in [2.45, 2.75) is 18.7 Å². The van der Waals surface area contributed by atoms with Crippen molar-refractivity contribution < 1.29 is 9.53 Å². The zero-order chi connectivity index (χ0) is 12.8. The first-order valence-electron chi connectivity index (χ1n) is 6.03. The summed E-state index contributed by atoms with van der Waals surface area (Å²) < 4.78 is 5.81. The molecule has 0 N–H and O–H groups in total. The zero-order valence-electron chi connectivity index (χ0n) is 10.3. The van der Waals surface area contributed by atoms with Gasteiger partial charge in [0.05, 0.1) is 12.6 Å². The van der Waals surface area contributed by atoms with Crippen molar-refractivity contribution in [1.82, 2.24) is 4.90 Å². The van der Waals surface area contributed by atoms with Crippen molar-refractivity contribution in [2.75, 3.05) is 6.61 Å². The average Bonchev–Trinajstić information content (AvgIpc) is 2.85. The van der Waals surface area contributed by atoms with Gasteiger partial charge in [-0.3, -0.25) is 9.69 Å². The van der Waals surface area contributed by atoms with Crippen LogP contribution < -0.4 is 0 Å². The Labute approximate surface area is 106 Å². The van der Waals surface area contributed by atoms with Crippen LogP contribution in [0.5, 0.6) is 0 Å². The smallest absolute Gasteiger partial charge is 0.256 e. The van der Waals surface area contributed by atoms with E-state index in [-0.39, 0.29) is 11.9 Å². The molecule has 1 saturated heterocycles. The molecule has 0 radical (unpaired) electrons. The van der Waals surface area contributed by atoms with Crippen LogP contribution in [0, 0.1) is 0 Å². The number of ether oxygens (including phenoxy) is 1. The Bertz CT molecular complexity index is 535. The molecule has 1 fully saturated rings. The maximum absolute atomic E-state index is 12.3. The SMILES string of the molecule is C=CC1=C[C@@]2(C)OC[C@H](c3ccccc3)N2C1=O. The van der Waals surface area contributed by atoms with Gasteiger partial charge in [-0.25, -0.2) is 0 Å². The predicted octanol–water partition coefficient (Wildman–Crippen LogP) is 2.43. The largest absolute Gasteiger partial charge is 0.350 e. The lowest BCUT2D eigenvalue weighted by Crippen LogP contribution is -2.40. The summed E-state index contributed by atoms with van der Waals surface area (Å²) in [6.07, 6.45) is 3.45. The van der Waals surface area contributed by atoms with Gasteiger partial charge in [0.15, 0.2) is 5.72 Å². The molecule has 18 heavy (non-hydrogen) atoms. The summed E-state index contributed by atoms with van der Waals surface area (Å²) in [7, 11) is 0. The molecule has 2 aliphatic heterocycles. The van der Waals surface area contributed by atoms with E-state index in [1.165, 1.54) is 0 Å². The molecule has 1 amide bonds. The minimum absolute atomic E-state index is 0.00106. The molecule has 0 saturated carbocycles. The average molecular weight is 241 g/mol. The van der Waals surface area contributed by atoms with Gasteiger partial charge in [-0.05, 0) is 18.6 Å². The Kier molecular flexibility index (Phi) is 2.38. The molecular formula is C15H15NO2. The van der Waals surface area contributed by atoms with E-state index in [0.29, 0.717) is 12.2 Å². The maximum atomic E-state index is 12.3. The molecule has 0 aliphatic carbocycles. The summed E-state index contributed by atoms with van der Waals surface area (Å²) >= 11 is 0. The van der Waals surface area contributed by atoms with Crippen LogP contribution in [0.4, 0.5) is 0 Å². The number of benzene rings is 1. The Balaban J connectivity index is 2.00. The number of nitrogens with zero attached hydrogens (tertiary/aromatic N) is 1. The van der Waals surface area contributed by atoms with Crippen LogP contribution in [0.25, 0.3) is 0 Å². The number of carbonyl (C=O) groups is 1. The van der Waals surface area contributed by atoms with Crippen LogP contribution in [0.2, 0.25) is 0 Å². The number of rotatable bonds is 2. The van der Waals surface area contributed by atoms with Crippen molar-refractivity contribution in [3.63, 3.8) is 0 Å². The summed E-state index contributed by atoms with van der Waals surface area (Å²) in [5.74, 6) is -0.00106. The molecule has 3 heteroatoms. The highest BCUT2D eigenvalue weighted by Crippen LogP contribution is 2.43. The van der Waals surface area contributed by atoms with Crippen molar-refractivity contribution in [2.24, 2.45) is 0 Å². The first kappa shape index (κ1) is 11.2. The second-order valence-corrected chi connectivity index (χ2v) is 4.77. The Morgan fingerprint density at radius 2 is 2.17 bits per heavy atom. The van der Waals surface area contributed by atoms with Crippen LogP contribution in [0.1, 0.15) is 18.5 Å². The van der Waals surface area contributed by atoms with Gasteiger partial charge in [0.2, 0.25) is 0 Å². The quantitative estimate of drug-likeness (QED) is 0.796. The van der Waals surface area contributed by atoms with Crippen LogP contribution in [-0.2, 0) is 9.53 Å². The van der Waals surface area contributed by atoms with Crippen LogP contribution in [-0.4, -0.2) is 23.1 Å². The minimum Gasteiger partial charge on any atom is -0.350 e. The molecule has 1 aromatic rings. The third-order valence-electron chi connectivity index (χ3n) is 3.62. The van der Waals surface area contributed by atoms with Crippen LogP contribution in [0.3, 0.4) is 0 Å². The molecule has 2 heterocycles. The van der Waals surface area contributed by atoms with E-state index >= 15 is 0 Å². The van der Waals surface area contributed by atoms with E-state index in [1.54, 1.807) is 11.0 Å². The van der Waals surface area contributed by atoms with E-state index < -0.39 is 5.72 Å². The first-order chi connectivity index (χ1) is 8.65. The second kappa shape index (κ2) is 3.82. The van der Waals surface area contributed by atoms with Gasteiger partial charge < -0.3 is 4.74 Å². The molecule has 3 rings (SSSR count). The van der Waals surface area contributed by atoms with Gasteiger partial charge in [-0.1, -0.05) is 43.0 Å². The highest BCUT2D eigenvalue weighted by molar-refractivity contribution is 5.99. The fourth-order valence-corrected chi connectivity index (χ4v) is 2.71. The van der Waals surface area contributed by atoms with Gasteiger partial charge in [0, 0.05) is 5.57 Å². The molecule has 2 atom stereocenters. The molecule has 0 aromatic heterocycles. The van der Waals surface area contributed by atoms with Crippen molar-refractivity contribution in [1.29, 1.82) is 0 Å². The lowest BCUT2D eigenvalue weighted by molar-refractivity contribution is -0.134. The molecule has 2 aliphatic rings. The first-order valence-corrected chi connectivity index (χ1v) is 6.03. The van der Waals surface area contributed by atoms with E-state index in [2.05, 4.69) is 6.58 Å². The maximum Gasteiger partial charge on any atom is 0.256 e. The topological polar surface area (TPSA) is 29.5 Å². The highest BCUT2D eigenvalue weighted by atomic mass is 16.5. The highest BCUT2D eigenvalue weighted by Gasteiger charge is 2.50. The van der Waals surface area contributed by atoms with Crippen LogP contribution in [0.15, 0.2) is 54.6 Å². The molecular weight excluding hydrogens is 226 g/mol. The summed E-state index contributed by atoms with van der Waals surface area (Å²) in [6, 6.07) is 9.97. The Morgan fingerprint density at radius 1 is 1.44 bits per heavy atom. The van der Waals surface area contributed by atoms with Crippen molar-refractivity contribution in [3.05, 3.63) is 60.2 Å². The lowest BCUT2D eigenvalue weighted by Gasteiger charge is -2.29. The van der Waals surface area contributed by atoms with Gasteiger partial charge >= 0.3 is 0 Å². The minimum atomic E-state index is -0.624. The second-order valence-electron chi connectivity index (χ2n) is 4.77. The van der Waals surface area contributed by atoms with E-state index in [1.807, 2.05) is 43.3 Å². The lowest BCUT2D eigenvalue weighted by atomic mass is 10.1. The number of carbonyl (C=O) groups excluding carboxylic acids is 1. The van der Waals surface area contributed by atoms with Gasteiger partial charge in [-0.2, -0.15) is 0 Å². The fourth-order valence-electron chi connectivity index (χ4n) is 2.71. The van der Waals surface area contributed by atoms with Crippen LogP contribution >= 0.6 is 0 Å². The zero-order valence-corrected chi connectivity index (χ0v) is 10.3. The summed E-state index contributed by atoms with van der Waals surface area (Å²) in [5.41, 5.74) is 1.10. The fraction of sp³-hybridized carbons (Fsp3) is 0.267. The number of hydrogen-bond acceptors (Lipinski definition) is 2. The number of amides is 1. The third kappa shape index (κ3) is 1.44. The number of hydrogen-bond donors (Lipinski definition) is 0. The van der Waals surface area contributed by atoms with E-state index in [9.17, 15) is 4.79 Å². The summed E-state index contributed by atoms with van der Waals surface area (Å²) in [4.78, 5) is 14.1. The normalized spacial score (nSPS) is 30.3. The Hall–Kier alpha value is -1.87. The summed E-state index contributed by atoms with van der Waals surface area (Å²) in [6.45, 7) is 6.13. The molecule has 0 unspecified atom stereocenters. The molecule has 1 aromatic carbocycles. The predicted molar refractivity (Wildman–Crippen MR) is 68.7 cm³/mol.